The second-order valence-electron chi connectivity index (χ2n) is 4.46. The molecule has 0 fully saturated rings. The van der Waals surface area contributed by atoms with Crippen LogP contribution in [-0.2, 0) is 6.54 Å². The van der Waals surface area contributed by atoms with Crippen molar-refractivity contribution in [2.24, 2.45) is 0 Å². The van der Waals surface area contributed by atoms with Gasteiger partial charge >= 0.3 is 0 Å². The van der Waals surface area contributed by atoms with E-state index < -0.39 is 6.10 Å². The van der Waals surface area contributed by atoms with Crippen LogP contribution in [0.25, 0.3) is 0 Å². The molecular formula is C14H14N2O4. The maximum atomic E-state index is 11.6. The van der Waals surface area contributed by atoms with Crippen molar-refractivity contribution in [1.82, 2.24) is 9.78 Å². The molecule has 6 heteroatoms. The number of hydrogen-bond acceptors (Lipinski definition) is 5. The monoisotopic (exact) mass is 274 g/mol. The number of fused-ring (bicyclic) bond motifs is 1. The van der Waals surface area contributed by atoms with E-state index in [9.17, 15) is 9.90 Å². The van der Waals surface area contributed by atoms with Gasteiger partial charge in [-0.25, -0.2) is 4.68 Å². The lowest BCUT2D eigenvalue weighted by molar-refractivity contribution is 0.145. The highest BCUT2D eigenvalue weighted by molar-refractivity contribution is 5.44. The number of benzene rings is 1. The Kier molecular flexibility index (Phi) is 3.39. The Hall–Kier alpha value is -2.34. The molecule has 0 saturated carbocycles. The summed E-state index contributed by atoms with van der Waals surface area (Å²) in [6.45, 7) is 1.11. The summed E-state index contributed by atoms with van der Waals surface area (Å²) in [4.78, 5) is 11.6. The van der Waals surface area contributed by atoms with Crippen molar-refractivity contribution in [3.8, 4) is 11.5 Å². The molecule has 1 N–H and O–H groups in total. The summed E-state index contributed by atoms with van der Waals surface area (Å²) in [6.07, 6.45) is 0.677. The van der Waals surface area contributed by atoms with Crippen LogP contribution >= 0.6 is 0 Å². The van der Waals surface area contributed by atoms with Gasteiger partial charge in [-0.2, -0.15) is 5.10 Å². The summed E-state index contributed by atoms with van der Waals surface area (Å²) >= 11 is 0. The van der Waals surface area contributed by atoms with Crippen molar-refractivity contribution in [3.63, 3.8) is 0 Å². The molecule has 1 aromatic heterocycles. The van der Waals surface area contributed by atoms with Gasteiger partial charge in [0.1, 0.15) is 13.2 Å². The molecule has 2 heterocycles. The fourth-order valence-electron chi connectivity index (χ4n) is 2.06. The van der Waals surface area contributed by atoms with Gasteiger partial charge in [-0.05, 0) is 23.8 Å². The van der Waals surface area contributed by atoms with Crippen LogP contribution in [-0.4, -0.2) is 28.1 Å². The van der Waals surface area contributed by atoms with Crippen molar-refractivity contribution >= 4 is 0 Å². The Morgan fingerprint density at radius 1 is 1.25 bits per heavy atom. The first-order valence-corrected chi connectivity index (χ1v) is 6.34. The van der Waals surface area contributed by atoms with E-state index in [2.05, 4.69) is 5.10 Å². The third kappa shape index (κ3) is 2.50. The topological polar surface area (TPSA) is 73.6 Å². The molecule has 2 aromatic rings. The summed E-state index contributed by atoms with van der Waals surface area (Å²) in [5.41, 5.74) is 0.413. The van der Waals surface area contributed by atoms with Crippen LogP contribution in [0.3, 0.4) is 0 Å². The minimum Gasteiger partial charge on any atom is -0.486 e. The maximum Gasteiger partial charge on any atom is 0.266 e. The van der Waals surface area contributed by atoms with Crippen LogP contribution in [0.15, 0.2) is 41.3 Å². The van der Waals surface area contributed by atoms with Gasteiger partial charge in [0.25, 0.3) is 5.56 Å². The Balaban J connectivity index is 1.82. The van der Waals surface area contributed by atoms with Crippen molar-refractivity contribution in [1.29, 1.82) is 0 Å². The second-order valence-corrected chi connectivity index (χ2v) is 4.46. The predicted octanol–water partition coefficient (Wildman–Crippen LogP) is 0.748. The molecule has 0 radical (unpaired) electrons. The van der Waals surface area contributed by atoms with E-state index in [0.717, 1.165) is 0 Å². The highest BCUT2D eigenvalue weighted by Gasteiger charge is 2.16. The minimum atomic E-state index is -0.835. The molecule has 0 saturated heterocycles. The van der Waals surface area contributed by atoms with Gasteiger partial charge in [-0.15, -0.1) is 0 Å². The van der Waals surface area contributed by atoms with E-state index in [1.54, 1.807) is 24.3 Å². The number of aromatic nitrogens is 2. The van der Waals surface area contributed by atoms with Gasteiger partial charge in [0, 0.05) is 12.3 Å². The highest BCUT2D eigenvalue weighted by atomic mass is 16.6. The van der Waals surface area contributed by atoms with Crippen LogP contribution in [0.1, 0.15) is 11.7 Å². The van der Waals surface area contributed by atoms with Crippen LogP contribution < -0.4 is 15.0 Å². The molecule has 3 rings (SSSR count). The lowest BCUT2D eigenvalue weighted by atomic mass is 10.1. The van der Waals surface area contributed by atoms with Gasteiger partial charge in [-0.3, -0.25) is 4.79 Å². The van der Waals surface area contributed by atoms with Crippen molar-refractivity contribution in [2.75, 3.05) is 13.2 Å². The first-order chi connectivity index (χ1) is 9.74. The smallest absolute Gasteiger partial charge is 0.266 e. The van der Waals surface area contributed by atoms with Crippen LogP contribution in [0.5, 0.6) is 11.5 Å². The lowest BCUT2D eigenvalue weighted by Crippen LogP contribution is -2.24. The molecular weight excluding hydrogens is 260 g/mol. The van der Waals surface area contributed by atoms with E-state index in [-0.39, 0.29) is 12.1 Å². The molecule has 1 aliphatic heterocycles. The van der Waals surface area contributed by atoms with E-state index in [1.165, 1.54) is 16.9 Å². The van der Waals surface area contributed by atoms with Crippen molar-refractivity contribution in [2.45, 2.75) is 12.6 Å². The molecule has 0 amide bonds. The number of hydrogen-bond donors (Lipinski definition) is 1. The maximum absolute atomic E-state index is 11.6. The summed E-state index contributed by atoms with van der Waals surface area (Å²) in [5, 5.41) is 14.1. The molecule has 104 valence electrons. The third-order valence-electron chi connectivity index (χ3n) is 3.08. The number of nitrogens with zero attached hydrogens (tertiary/aromatic N) is 2. The zero-order chi connectivity index (χ0) is 13.9. The van der Waals surface area contributed by atoms with E-state index in [0.29, 0.717) is 30.3 Å². The Labute approximate surface area is 115 Å². The second kappa shape index (κ2) is 5.34. The fourth-order valence-corrected chi connectivity index (χ4v) is 2.06. The molecule has 1 aliphatic rings. The SMILES string of the molecule is O=c1cccnn1CC(O)c1ccc2c(c1)OCCO2. The normalized spacial score (nSPS) is 14.8. The van der Waals surface area contributed by atoms with Gasteiger partial charge in [0.2, 0.25) is 0 Å². The molecule has 0 spiro atoms. The standard InChI is InChI=1S/C14H14N2O4/c17-11(9-16-14(18)2-1-5-15-16)10-3-4-12-13(8-10)20-7-6-19-12/h1-5,8,11,17H,6-7,9H2. The Morgan fingerprint density at radius 2 is 2.05 bits per heavy atom. The van der Waals surface area contributed by atoms with E-state index >= 15 is 0 Å². The molecule has 1 unspecified atom stereocenters. The molecule has 1 atom stereocenters. The molecule has 0 aliphatic carbocycles. The Morgan fingerprint density at radius 3 is 2.85 bits per heavy atom. The average Bonchev–Trinajstić information content (AvgIpc) is 2.49. The fraction of sp³-hybridized carbons (Fsp3) is 0.286. The quantitative estimate of drug-likeness (QED) is 0.894. The summed E-state index contributed by atoms with van der Waals surface area (Å²) in [6, 6.07) is 8.21. The predicted molar refractivity (Wildman–Crippen MR) is 70.9 cm³/mol. The number of ether oxygens (including phenoxy) is 2. The average molecular weight is 274 g/mol. The zero-order valence-electron chi connectivity index (χ0n) is 10.7. The van der Waals surface area contributed by atoms with Gasteiger partial charge in [-0.1, -0.05) is 6.07 Å². The lowest BCUT2D eigenvalue weighted by Gasteiger charge is -2.20. The van der Waals surface area contributed by atoms with Crippen molar-refractivity contribution < 1.29 is 14.6 Å². The number of rotatable bonds is 3. The molecule has 20 heavy (non-hydrogen) atoms. The van der Waals surface area contributed by atoms with Gasteiger partial charge in [0.05, 0.1) is 12.6 Å². The molecule has 1 aromatic carbocycles. The van der Waals surface area contributed by atoms with Gasteiger partial charge < -0.3 is 14.6 Å². The largest absolute Gasteiger partial charge is 0.486 e. The van der Waals surface area contributed by atoms with Crippen LogP contribution in [0.2, 0.25) is 0 Å². The van der Waals surface area contributed by atoms with E-state index in [1.807, 2.05) is 0 Å². The zero-order valence-corrected chi connectivity index (χ0v) is 10.7. The van der Waals surface area contributed by atoms with E-state index in [4.69, 9.17) is 9.47 Å². The minimum absolute atomic E-state index is 0.0965. The number of aliphatic hydroxyl groups is 1. The van der Waals surface area contributed by atoms with Crippen molar-refractivity contribution in [3.05, 3.63) is 52.4 Å². The molecule has 0 bridgehead atoms. The summed E-state index contributed by atoms with van der Waals surface area (Å²) < 4.78 is 12.1. The van der Waals surface area contributed by atoms with Crippen LogP contribution in [0.4, 0.5) is 0 Å². The molecule has 6 nitrogen and oxygen atoms in total. The van der Waals surface area contributed by atoms with Gasteiger partial charge in [0.15, 0.2) is 11.5 Å². The number of aliphatic hydroxyl groups excluding tert-OH is 1. The Bertz CT molecular complexity index is 668. The summed E-state index contributed by atoms with van der Waals surface area (Å²) in [7, 11) is 0. The first-order valence-electron chi connectivity index (χ1n) is 6.34. The first kappa shape index (κ1) is 12.7. The summed E-state index contributed by atoms with van der Waals surface area (Å²) in [5.74, 6) is 1.28. The highest BCUT2D eigenvalue weighted by Crippen LogP contribution is 2.32. The third-order valence-corrected chi connectivity index (χ3v) is 3.08. The van der Waals surface area contributed by atoms with Crippen LogP contribution in [0, 0.1) is 0 Å².